The Balaban J connectivity index is 2.41. The minimum atomic E-state index is -2.48. The summed E-state index contributed by atoms with van der Waals surface area (Å²) in [6.07, 6.45) is 2.10. The third-order valence-corrected chi connectivity index (χ3v) is 9.31. The Bertz CT molecular complexity index is 517. The van der Waals surface area contributed by atoms with Gasteiger partial charge in [0.2, 0.25) is 0 Å². The monoisotopic (exact) mass is 328 g/mol. The van der Waals surface area contributed by atoms with Crippen molar-refractivity contribution in [2.24, 2.45) is 0 Å². The van der Waals surface area contributed by atoms with Crippen LogP contribution in [0.1, 0.15) is 40.5 Å². The van der Waals surface area contributed by atoms with Crippen LogP contribution >= 0.6 is 0 Å². The maximum atomic E-state index is 6.63. The zero-order valence-electron chi connectivity index (χ0n) is 14.7. The van der Waals surface area contributed by atoms with Gasteiger partial charge in [0, 0.05) is 11.1 Å². The molecule has 0 heterocycles. The van der Waals surface area contributed by atoms with Gasteiger partial charge in [-0.25, -0.2) is 0 Å². The minimum Gasteiger partial charge on any atom is -0.512 e. The van der Waals surface area contributed by atoms with Crippen molar-refractivity contribution in [2.75, 3.05) is 0 Å². The summed E-state index contributed by atoms with van der Waals surface area (Å²) in [5.41, 5.74) is 0.802. The first-order valence-electron chi connectivity index (χ1n) is 8.60. The predicted molar refractivity (Wildman–Crippen MR) is 99.3 cm³/mol. The number of benzene rings is 2. The maximum Gasteiger partial charge on any atom is 0.466 e. The van der Waals surface area contributed by atoms with Gasteiger partial charge in [0.05, 0.1) is 0 Å². The quantitative estimate of drug-likeness (QED) is 0.538. The highest BCUT2D eigenvalue weighted by Crippen LogP contribution is 2.40. The number of para-hydroxylation sites is 2. The number of hydrogen-bond acceptors (Lipinski definition) is 2. The average Bonchev–Trinajstić information content (AvgIpc) is 2.61. The molecule has 0 saturated carbocycles. The van der Waals surface area contributed by atoms with Crippen LogP contribution in [0.5, 0.6) is 11.5 Å². The highest BCUT2D eigenvalue weighted by molar-refractivity contribution is 6.71. The van der Waals surface area contributed by atoms with Gasteiger partial charge in [-0.15, -0.1) is 0 Å². The lowest BCUT2D eigenvalue weighted by atomic mass is 10.3. The van der Waals surface area contributed by atoms with E-state index in [1.807, 2.05) is 60.7 Å². The van der Waals surface area contributed by atoms with Crippen molar-refractivity contribution in [2.45, 2.75) is 51.6 Å². The molecular formula is C20H28O2Si. The predicted octanol–water partition coefficient (Wildman–Crippen LogP) is 6.19. The molecule has 23 heavy (non-hydrogen) atoms. The average molecular weight is 329 g/mol. The van der Waals surface area contributed by atoms with Crippen LogP contribution < -0.4 is 8.85 Å². The highest BCUT2D eigenvalue weighted by Gasteiger charge is 2.51. The molecular weight excluding hydrogens is 300 g/mol. The smallest absolute Gasteiger partial charge is 0.466 e. The van der Waals surface area contributed by atoms with E-state index in [1.54, 1.807) is 0 Å². The van der Waals surface area contributed by atoms with E-state index in [-0.39, 0.29) is 0 Å². The van der Waals surface area contributed by atoms with E-state index in [0.29, 0.717) is 11.1 Å². The lowest BCUT2D eigenvalue weighted by Crippen LogP contribution is -2.55. The Hall–Kier alpha value is -1.74. The van der Waals surface area contributed by atoms with Gasteiger partial charge in [-0.05, 0) is 37.1 Å². The number of hydrogen-bond donors (Lipinski definition) is 0. The first-order chi connectivity index (χ1) is 11.1. The Morgan fingerprint density at radius 2 is 1.04 bits per heavy atom. The molecule has 124 valence electrons. The first-order valence-corrected chi connectivity index (χ1v) is 10.6. The molecule has 0 N–H and O–H groups in total. The molecule has 0 aromatic heterocycles. The molecule has 0 amide bonds. The molecule has 2 rings (SSSR count). The second kappa shape index (κ2) is 8.21. The lowest BCUT2D eigenvalue weighted by Gasteiger charge is -2.39. The van der Waals surface area contributed by atoms with Gasteiger partial charge in [0.25, 0.3) is 0 Å². The third-order valence-electron chi connectivity index (χ3n) is 4.64. The second-order valence-corrected chi connectivity index (χ2v) is 9.99. The van der Waals surface area contributed by atoms with Crippen molar-refractivity contribution in [3.05, 3.63) is 60.7 Å². The summed E-state index contributed by atoms with van der Waals surface area (Å²) in [5.74, 6) is 1.83. The molecule has 0 radical (unpaired) electrons. The molecule has 3 heteroatoms. The van der Waals surface area contributed by atoms with Gasteiger partial charge >= 0.3 is 8.56 Å². The Kier molecular flexibility index (Phi) is 6.28. The van der Waals surface area contributed by atoms with Crippen LogP contribution in [0.25, 0.3) is 0 Å². The van der Waals surface area contributed by atoms with Crippen LogP contribution in [0.3, 0.4) is 0 Å². The van der Waals surface area contributed by atoms with Crippen molar-refractivity contribution in [1.29, 1.82) is 0 Å². The van der Waals surface area contributed by atoms with Gasteiger partial charge in [-0.1, -0.05) is 64.1 Å². The maximum absolute atomic E-state index is 6.63. The molecule has 2 aromatic carbocycles. The summed E-state index contributed by atoms with van der Waals surface area (Å²) in [6.45, 7) is 8.98. The molecule has 0 aliphatic rings. The summed E-state index contributed by atoms with van der Waals surface area (Å²) in [7, 11) is -2.48. The summed E-state index contributed by atoms with van der Waals surface area (Å²) < 4.78 is 13.3. The molecule has 0 spiro atoms. The fourth-order valence-corrected chi connectivity index (χ4v) is 6.79. The van der Waals surface area contributed by atoms with E-state index < -0.39 is 8.56 Å². The first kappa shape index (κ1) is 17.6. The molecule has 2 unspecified atom stereocenters. The Morgan fingerprint density at radius 1 is 0.696 bits per heavy atom. The topological polar surface area (TPSA) is 18.5 Å². The van der Waals surface area contributed by atoms with Crippen molar-refractivity contribution < 1.29 is 8.85 Å². The van der Waals surface area contributed by atoms with Crippen LogP contribution in [0, 0.1) is 0 Å². The third kappa shape index (κ3) is 4.17. The molecule has 2 nitrogen and oxygen atoms in total. The molecule has 0 bridgehead atoms. The number of rotatable bonds is 8. The fourth-order valence-electron chi connectivity index (χ4n) is 2.82. The Morgan fingerprint density at radius 3 is 1.35 bits per heavy atom. The molecule has 0 aliphatic carbocycles. The molecule has 0 saturated heterocycles. The summed E-state index contributed by atoms with van der Waals surface area (Å²) in [6, 6.07) is 20.2. The summed E-state index contributed by atoms with van der Waals surface area (Å²) in [5, 5.41) is 0. The van der Waals surface area contributed by atoms with Crippen molar-refractivity contribution in [1.82, 2.24) is 0 Å². The van der Waals surface area contributed by atoms with E-state index in [1.165, 1.54) is 0 Å². The van der Waals surface area contributed by atoms with Crippen LogP contribution in [0.15, 0.2) is 60.7 Å². The van der Waals surface area contributed by atoms with Gasteiger partial charge in [0.15, 0.2) is 0 Å². The molecule has 0 fully saturated rings. The molecule has 2 aromatic rings. The highest BCUT2D eigenvalue weighted by atomic mass is 28.4. The lowest BCUT2D eigenvalue weighted by molar-refractivity contribution is 0.339. The SMILES string of the molecule is CCC(C)[Si](Oc1ccccc1)(Oc1ccccc1)C(C)CC. The normalized spacial score (nSPS) is 14.1. The summed E-state index contributed by atoms with van der Waals surface area (Å²) >= 11 is 0. The van der Waals surface area contributed by atoms with Crippen LogP contribution in [-0.4, -0.2) is 8.56 Å². The second-order valence-electron chi connectivity index (χ2n) is 6.17. The zero-order chi connectivity index (χ0) is 16.7. The zero-order valence-corrected chi connectivity index (χ0v) is 15.7. The fraction of sp³-hybridized carbons (Fsp3) is 0.400. The van der Waals surface area contributed by atoms with E-state index in [4.69, 9.17) is 8.85 Å². The molecule has 0 aliphatic heterocycles. The van der Waals surface area contributed by atoms with Crippen LogP contribution in [0.4, 0.5) is 0 Å². The van der Waals surface area contributed by atoms with E-state index >= 15 is 0 Å². The minimum absolute atomic E-state index is 0.401. The summed E-state index contributed by atoms with van der Waals surface area (Å²) in [4.78, 5) is 0. The van der Waals surface area contributed by atoms with E-state index in [9.17, 15) is 0 Å². The van der Waals surface area contributed by atoms with Crippen molar-refractivity contribution in [3.8, 4) is 11.5 Å². The largest absolute Gasteiger partial charge is 0.512 e. The molecule has 2 atom stereocenters. The van der Waals surface area contributed by atoms with Crippen molar-refractivity contribution in [3.63, 3.8) is 0 Å². The van der Waals surface area contributed by atoms with Crippen molar-refractivity contribution >= 4 is 8.56 Å². The standard InChI is InChI=1S/C20H28O2Si/c1-5-17(3)23(18(4)6-2,21-19-13-9-7-10-14-19)22-20-15-11-8-12-16-20/h7-18H,5-6H2,1-4H3. The van der Waals surface area contributed by atoms with Gasteiger partial charge in [-0.3, -0.25) is 0 Å². The van der Waals surface area contributed by atoms with Gasteiger partial charge in [0.1, 0.15) is 11.5 Å². The van der Waals surface area contributed by atoms with E-state index in [2.05, 4.69) is 27.7 Å². The Labute approximate surface area is 141 Å². The van der Waals surface area contributed by atoms with E-state index in [0.717, 1.165) is 24.3 Å². The van der Waals surface area contributed by atoms with Gasteiger partial charge < -0.3 is 8.85 Å². The van der Waals surface area contributed by atoms with Crippen LogP contribution in [-0.2, 0) is 0 Å². The van der Waals surface area contributed by atoms with Crippen LogP contribution in [0.2, 0.25) is 11.1 Å². The van der Waals surface area contributed by atoms with Gasteiger partial charge in [-0.2, -0.15) is 0 Å².